The summed E-state index contributed by atoms with van der Waals surface area (Å²) in [6.07, 6.45) is 0.632. The van der Waals surface area contributed by atoms with Gasteiger partial charge in [-0.25, -0.2) is 0 Å². The van der Waals surface area contributed by atoms with Crippen LogP contribution in [0.25, 0.3) is 0 Å². The molecule has 0 aliphatic carbocycles. The van der Waals surface area contributed by atoms with Gasteiger partial charge in [0.25, 0.3) is 5.91 Å². The number of nitrogens with zero attached hydrogens (tertiary/aromatic N) is 1. The van der Waals surface area contributed by atoms with Gasteiger partial charge in [0.15, 0.2) is 0 Å². The largest absolute Gasteiger partial charge is 0.387 e. The van der Waals surface area contributed by atoms with Crippen LogP contribution in [-0.4, -0.2) is 42.5 Å². The number of amides is 3. The SMILES string of the molecule is O=C(CNC(=O)c1ccc(N2CCCC2=O)cc1)NCC(O)c1ccsc1. The number of hydrogen-bond acceptors (Lipinski definition) is 5. The maximum absolute atomic E-state index is 12.2. The van der Waals surface area contributed by atoms with Crippen molar-refractivity contribution in [3.05, 3.63) is 52.2 Å². The first-order valence-electron chi connectivity index (χ1n) is 8.70. The van der Waals surface area contributed by atoms with Gasteiger partial charge in [-0.3, -0.25) is 14.4 Å². The van der Waals surface area contributed by atoms with Gasteiger partial charge in [-0.05, 0) is 53.1 Å². The summed E-state index contributed by atoms with van der Waals surface area (Å²) in [5, 5.41) is 18.7. The van der Waals surface area contributed by atoms with Crippen LogP contribution >= 0.6 is 11.3 Å². The lowest BCUT2D eigenvalue weighted by Crippen LogP contribution is -2.38. The lowest BCUT2D eigenvalue weighted by molar-refractivity contribution is -0.120. The fourth-order valence-corrected chi connectivity index (χ4v) is 3.54. The molecule has 3 rings (SSSR count). The second-order valence-corrected chi connectivity index (χ2v) is 7.04. The van der Waals surface area contributed by atoms with Crippen molar-refractivity contribution in [3.8, 4) is 0 Å². The van der Waals surface area contributed by atoms with E-state index in [-0.39, 0.29) is 30.8 Å². The lowest BCUT2D eigenvalue weighted by Gasteiger charge is -2.16. The molecular weight excluding hydrogens is 366 g/mol. The topological polar surface area (TPSA) is 98.7 Å². The molecule has 3 N–H and O–H groups in total. The predicted molar refractivity (Wildman–Crippen MR) is 103 cm³/mol. The summed E-state index contributed by atoms with van der Waals surface area (Å²) in [5.74, 6) is -0.659. The molecule has 1 fully saturated rings. The van der Waals surface area contributed by atoms with E-state index in [4.69, 9.17) is 0 Å². The van der Waals surface area contributed by atoms with Crippen LogP contribution in [0.4, 0.5) is 5.69 Å². The van der Waals surface area contributed by atoms with Crippen molar-refractivity contribution in [2.24, 2.45) is 0 Å². The molecule has 1 aliphatic rings. The van der Waals surface area contributed by atoms with Gasteiger partial charge in [0.05, 0.1) is 12.6 Å². The van der Waals surface area contributed by atoms with Crippen molar-refractivity contribution >= 4 is 34.7 Å². The second-order valence-electron chi connectivity index (χ2n) is 6.26. The third kappa shape index (κ3) is 4.93. The number of rotatable bonds is 7. The first kappa shape index (κ1) is 19.1. The number of anilines is 1. The molecule has 8 heteroatoms. The van der Waals surface area contributed by atoms with Gasteiger partial charge >= 0.3 is 0 Å². The van der Waals surface area contributed by atoms with Gasteiger partial charge in [0, 0.05) is 30.8 Å². The van der Waals surface area contributed by atoms with Gasteiger partial charge in [0.1, 0.15) is 0 Å². The molecule has 0 spiro atoms. The Bertz CT molecular complexity index is 805. The fraction of sp³-hybridized carbons (Fsp3) is 0.316. The molecule has 2 aromatic rings. The van der Waals surface area contributed by atoms with E-state index < -0.39 is 6.10 Å². The standard InChI is InChI=1S/C19H21N3O4S/c23-16(14-7-9-27-12-14)10-20-17(24)11-21-19(26)13-3-5-15(6-4-13)22-8-1-2-18(22)25/h3-7,9,12,16,23H,1-2,8,10-11H2,(H,20,24)(H,21,26). The maximum Gasteiger partial charge on any atom is 0.251 e. The molecule has 0 saturated carbocycles. The van der Waals surface area contributed by atoms with Crippen LogP contribution < -0.4 is 15.5 Å². The van der Waals surface area contributed by atoms with Crippen LogP contribution in [-0.2, 0) is 9.59 Å². The molecule has 7 nitrogen and oxygen atoms in total. The molecule has 27 heavy (non-hydrogen) atoms. The molecule has 1 atom stereocenters. The van der Waals surface area contributed by atoms with E-state index in [1.54, 1.807) is 35.2 Å². The van der Waals surface area contributed by atoms with Crippen LogP contribution in [0.2, 0.25) is 0 Å². The molecule has 2 heterocycles. The van der Waals surface area contributed by atoms with Crippen LogP contribution in [0.5, 0.6) is 0 Å². The molecule has 1 saturated heterocycles. The Morgan fingerprint density at radius 3 is 2.59 bits per heavy atom. The van der Waals surface area contributed by atoms with Crippen molar-refractivity contribution < 1.29 is 19.5 Å². The van der Waals surface area contributed by atoms with Gasteiger partial charge in [-0.15, -0.1) is 0 Å². The Morgan fingerprint density at radius 2 is 1.96 bits per heavy atom. The minimum absolute atomic E-state index is 0.0873. The van der Waals surface area contributed by atoms with Gasteiger partial charge in [-0.2, -0.15) is 11.3 Å². The van der Waals surface area contributed by atoms with E-state index in [1.165, 1.54) is 11.3 Å². The van der Waals surface area contributed by atoms with Crippen molar-refractivity contribution in [2.45, 2.75) is 18.9 Å². The number of nitrogens with one attached hydrogen (secondary N) is 2. The van der Waals surface area contributed by atoms with Crippen LogP contribution in [0.1, 0.15) is 34.9 Å². The molecule has 0 radical (unpaired) electrons. The number of hydrogen-bond donors (Lipinski definition) is 3. The zero-order valence-electron chi connectivity index (χ0n) is 14.7. The maximum atomic E-state index is 12.2. The molecule has 1 unspecified atom stereocenters. The molecule has 0 bridgehead atoms. The number of benzene rings is 1. The monoisotopic (exact) mass is 387 g/mol. The summed E-state index contributed by atoms with van der Waals surface area (Å²) >= 11 is 1.47. The zero-order valence-corrected chi connectivity index (χ0v) is 15.5. The number of aliphatic hydroxyl groups excluding tert-OH is 1. The average Bonchev–Trinajstić information content (AvgIpc) is 3.36. The van der Waals surface area contributed by atoms with E-state index in [2.05, 4.69) is 10.6 Å². The first-order chi connectivity index (χ1) is 13.0. The normalized spacial score (nSPS) is 14.9. The van der Waals surface area contributed by atoms with Crippen molar-refractivity contribution in [1.82, 2.24) is 10.6 Å². The van der Waals surface area contributed by atoms with Crippen LogP contribution in [0, 0.1) is 0 Å². The number of aliphatic hydroxyl groups is 1. The Morgan fingerprint density at radius 1 is 1.19 bits per heavy atom. The number of carbonyl (C=O) groups excluding carboxylic acids is 3. The lowest BCUT2D eigenvalue weighted by atomic mass is 10.2. The van der Waals surface area contributed by atoms with E-state index >= 15 is 0 Å². The summed E-state index contributed by atoms with van der Waals surface area (Å²) in [6, 6.07) is 8.52. The molecule has 3 amide bonds. The van der Waals surface area contributed by atoms with Crippen molar-refractivity contribution in [3.63, 3.8) is 0 Å². The van der Waals surface area contributed by atoms with E-state index in [0.717, 1.165) is 17.7 Å². The van der Waals surface area contributed by atoms with E-state index in [9.17, 15) is 19.5 Å². The molecular formula is C19H21N3O4S. The van der Waals surface area contributed by atoms with Gasteiger partial charge < -0.3 is 20.6 Å². The highest BCUT2D eigenvalue weighted by Crippen LogP contribution is 2.21. The average molecular weight is 387 g/mol. The summed E-state index contributed by atoms with van der Waals surface area (Å²) in [6.45, 7) is 0.604. The molecule has 1 aromatic heterocycles. The summed E-state index contributed by atoms with van der Waals surface area (Å²) < 4.78 is 0. The molecule has 1 aliphatic heterocycles. The quantitative estimate of drug-likeness (QED) is 0.670. The van der Waals surface area contributed by atoms with E-state index in [0.29, 0.717) is 18.5 Å². The van der Waals surface area contributed by atoms with Gasteiger partial charge in [-0.1, -0.05) is 0 Å². The van der Waals surface area contributed by atoms with Crippen molar-refractivity contribution in [2.75, 3.05) is 24.5 Å². The minimum atomic E-state index is -0.767. The Balaban J connectivity index is 1.44. The highest BCUT2D eigenvalue weighted by Gasteiger charge is 2.21. The summed E-state index contributed by atoms with van der Waals surface area (Å²) in [7, 11) is 0. The number of thiophene rings is 1. The van der Waals surface area contributed by atoms with Crippen molar-refractivity contribution in [1.29, 1.82) is 0 Å². The minimum Gasteiger partial charge on any atom is -0.387 e. The summed E-state index contributed by atoms with van der Waals surface area (Å²) in [4.78, 5) is 37.4. The molecule has 1 aromatic carbocycles. The second kappa shape index (κ2) is 8.79. The third-order valence-electron chi connectivity index (χ3n) is 4.34. The smallest absolute Gasteiger partial charge is 0.251 e. The van der Waals surface area contributed by atoms with Crippen LogP contribution in [0.15, 0.2) is 41.1 Å². The van der Waals surface area contributed by atoms with Crippen LogP contribution in [0.3, 0.4) is 0 Å². The zero-order chi connectivity index (χ0) is 19.2. The highest BCUT2D eigenvalue weighted by molar-refractivity contribution is 7.07. The predicted octanol–water partition coefficient (Wildman–Crippen LogP) is 1.45. The summed E-state index contributed by atoms with van der Waals surface area (Å²) in [5.41, 5.74) is 1.94. The highest BCUT2D eigenvalue weighted by atomic mass is 32.1. The molecule has 142 valence electrons. The Labute approximate surface area is 161 Å². The van der Waals surface area contributed by atoms with Gasteiger partial charge in [0.2, 0.25) is 11.8 Å². The van der Waals surface area contributed by atoms with E-state index in [1.807, 2.05) is 10.8 Å². The fourth-order valence-electron chi connectivity index (χ4n) is 2.83. The number of carbonyl (C=O) groups is 3. The first-order valence-corrected chi connectivity index (χ1v) is 9.64. The Kier molecular flexibility index (Phi) is 6.20. The Hall–Kier alpha value is -2.71. The third-order valence-corrected chi connectivity index (χ3v) is 5.05.